The number of nitrogens with zero attached hydrogens (tertiary/aromatic N) is 2. The van der Waals surface area contributed by atoms with E-state index in [-0.39, 0.29) is 12.5 Å². The van der Waals surface area contributed by atoms with Crippen molar-refractivity contribution in [3.63, 3.8) is 0 Å². The molecule has 0 aliphatic carbocycles. The summed E-state index contributed by atoms with van der Waals surface area (Å²) in [6.07, 6.45) is 0. The van der Waals surface area contributed by atoms with E-state index in [9.17, 15) is 4.79 Å². The molecule has 3 N–H and O–H groups in total. The minimum Gasteiger partial charge on any atom is -0.411 e. The highest BCUT2D eigenvalue weighted by Crippen LogP contribution is 2.10. The fraction of sp³-hybridized carbons (Fsp3) is 0.250. The number of halogens is 1. The van der Waals surface area contributed by atoms with E-state index in [2.05, 4.69) is 43.6 Å². The zero-order valence-corrected chi connectivity index (χ0v) is 12.8. The highest BCUT2D eigenvalue weighted by atomic mass is 127. The van der Waals surface area contributed by atoms with Crippen LogP contribution in [0.25, 0.3) is 0 Å². The van der Waals surface area contributed by atoms with Gasteiger partial charge in [-0.3, -0.25) is 4.79 Å². The summed E-state index contributed by atoms with van der Waals surface area (Å²) in [6, 6.07) is 7.69. The summed E-state index contributed by atoms with van der Waals surface area (Å²) in [5.41, 5.74) is 4.04. The van der Waals surface area contributed by atoms with E-state index >= 15 is 0 Å². The van der Waals surface area contributed by atoms with Crippen LogP contribution in [0.1, 0.15) is 13.8 Å². The van der Waals surface area contributed by atoms with E-state index < -0.39 is 0 Å². The average Bonchev–Trinajstić information content (AvgIpc) is 2.43. The number of nitrogens with one attached hydrogen (secondary N) is 2. The zero-order chi connectivity index (χ0) is 14.3. The summed E-state index contributed by atoms with van der Waals surface area (Å²) >= 11 is 2.21. The molecular weight excluding hydrogens is 359 g/mol. The molecule has 19 heavy (non-hydrogen) atoms. The molecule has 0 spiro atoms. The fourth-order valence-electron chi connectivity index (χ4n) is 1.09. The lowest BCUT2D eigenvalue weighted by Gasteiger charge is -2.05. The van der Waals surface area contributed by atoms with Gasteiger partial charge in [-0.05, 0) is 60.7 Å². The van der Waals surface area contributed by atoms with Crippen molar-refractivity contribution >= 4 is 45.6 Å². The van der Waals surface area contributed by atoms with Gasteiger partial charge in [0.05, 0.1) is 18.0 Å². The van der Waals surface area contributed by atoms with Gasteiger partial charge in [0, 0.05) is 9.26 Å². The van der Waals surface area contributed by atoms with Crippen LogP contribution in [0, 0.1) is 3.57 Å². The molecule has 0 atom stereocenters. The summed E-state index contributed by atoms with van der Waals surface area (Å²) in [6.45, 7) is 3.35. The lowest BCUT2D eigenvalue weighted by molar-refractivity contribution is -0.119. The molecule has 0 unspecified atom stereocenters. The molecule has 0 aliphatic rings. The Balaban J connectivity index is 2.42. The Bertz CT molecular complexity index is 497. The summed E-state index contributed by atoms with van der Waals surface area (Å²) in [5, 5.41) is 18.3. The Hall–Kier alpha value is -1.64. The zero-order valence-electron chi connectivity index (χ0n) is 10.6. The van der Waals surface area contributed by atoms with Gasteiger partial charge in [0.15, 0.2) is 0 Å². The van der Waals surface area contributed by atoms with Gasteiger partial charge in [-0.25, -0.2) is 5.43 Å². The maximum atomic E-state index is 11.5. The molecule has 0 aromatic heterocycles. The third-order valence-electron chi connectivity index (χ3n) is 2.32. The Morgan fingerprint density at radius 1 is 1.26 bits per heavy atom. The Morgan fingerprint density at radius 2 is 1.89 bits per heavy atom. The molecule has 0 fully saturated rings. The van der Waals surface area contributed by atoms with Crippen molar-refractivity contribution < 1.29 is 10.0 Å². The minimum absolute atomic E-state index is 0.118. The predicted octanol–water partition coefficient (Wildman–Crippen LogP) is 2.05. The van der Waals surface area contributed by atoms with Gasteiger partial charge in [-0.2, -0.15) is 5.10 Å². The Morgan fingerprint density at radius 3 is 2.47 bits per heavy atom. The number of rotatable bonds is 5. The topological polar surface area (TPSA) is 86.1 Å². The van der Waals surface area contributed by atoms with Crippen LogP contribution in [-0.4, -0.2) is 29.1 Å². The molecule has 0 aliphatic heterocycles. The van der Waals surface area contributed by atoms with Crippen LogP contribution in [0.15, 0.2) is 34.5 Å². The maximum Gasteiger partial charge on any atom is 0.259 e. The van der Waals surface area contributed by atoms with E-state index in [0.717, 1.165) is 9.26 Å². The van der Waals surface area contributed by atoms with E-state index in [1.165, 1.54) is 0 Å². The molecule has 0 heterocycles. The van der Waals surface area contributed by atoms with Crippen molar-refractivity contribution in [1.82, 2.24) is 5.43 Å². The number of carbonyl (C=O) groups excluding carboxylic acids is 1. The first-order valence-corrected chi connectivity index (χ1v) is 6.62. The van der Waals surface area contributed by atoms with Crippen LogP contribution in [0.4, 0.5) is 5.69 Å². The molecular formula is C12H15IN4O2. The number of hydrogen-bond donors (Lipinski definition) is 3. The van der Waals surface area contributed by atoms with Crippen molar-refractivity contribution in [2.45, 2.75) is 13.8 Å². The van der Waals surface area contributed by atoms with Crippen LogP contribution >= 0.6 is 22.6 Å². The number of carbonyl (C=O) groups is 1. The van der Waals surface area contributed by atoms with Gasteiger partial charge in [0.25, 0.3) is 5.91 Å². The van der Waals surface area contributed by atoms with E-state index in [1.807, 2.05) is 24.3 Å². The van der Waals surface area contributed by atoms with Crippen LogP contribution in [0.5, 0.6) is 0 Å². The summed E-state index contributed by atoms with van der Waals surface area (Å²) < 4.78 is 1.13. The molecule has 1 aromatic carbocycles. The van der Waals surface area contributed by atoms with E-state index in [1.54, 1.807) is 13.8 Å². The van der Waals surface area contributed by atoms with Gasteiger partial charge in [-0.1, -0.05) is 5.16 Å². The van der Waals surface area contributed by atoms with Crippen LogP contribution < -0.4 is 10.7 Å². The molecule has 0 saturated carbocycles. The van der Waals surface area contributed by atoms with Gasteiger partial charge in [0.1, 0.15) is 0 Å². The second-order valence-corrected chi connectivity index (χ2v) is 5.02. The van der Waals surface area contributed by atoms with Crippen LogP contribution in [0.2, 0.25) is 0 Å². The second-order valence-electron chi connectivity index (χ2n) is 3.78. The Kier molecular flexibility index (Phi) is 6.26. The first-order valence-electron chi connectivity index (χ1n) is 5.54. The number of benzene rings is 1. The number of oxime groups is 1. The molecule has 1 amide bonds. The second kappa shape index (κ2) is 7.72. The van der Waals surface area contributed by atoms with Gasteiger partial charge in [-0.15, -0.1) is 0 Å². The van der Waals surface area contributed by atoms with Crippen molar-refractivity contribution in [2.24, 2.45) is 10.3 Å². The van der Waals surface area contributed by atoms with Gasteiger partial charge < -0.3 is 10.5 Å². The van der Waals surface area contributed by atoms with Crippen molar-refractivity contribution in [1.29, 1.82) is 0 Å². The van der Waals surface area contributed by atoms with Gasteiger partial charge in [0.2, 0.25) is 0 Å². The van der Waals surface area contributed by atoms with Crippen molar-refractivity contribution in [3.05, 3.63) is 27.8 Å². The molecule has 102 valence electrons. The monoisotopic (exact) mass is 374 g/mol. The molecule has 6 nitrogen and oxygen atoms in total. The highest BCUT2D eigenvalue weighted by molar-refractivity contribution is 14.1. The lowest BCUT2D eigenvalue weighted by Crippen LogP contribution is -2.27. The molecule has 1 rings (SSSR count). The number of anilines is 1. The SMILES string of the molecule is CC(=N/NC(=O)CNc1ccc(I)cc1)/C(C)=N/O. The summed E-state index contributed by atoms with van der Waals surface area (Å²) in [7, 11) is 0. The standard InChI is InChI=1S/C12H15IN4O2/c1-8(9(2)17-19)15-16-12(18)7-14-11-5-3-10(13)4-6-11/h3-6,14,19H,7H2,1-2H3,(H,16,18)/b15-8-,17-9+. The minimum atomic E-state index is -0.274. The highest BCUT2D eigenvalue weighted by Gasteiger charge is 2.01. The number of hydrogen-bond acceptors (Lipinski definition) is 5. The van der Waals surface area contributed by atoms with E-state index in [4.69, 9.17) is 5.21 Å². The van der Waals surface area contributed by atoms with Crippen molar-refractivity contribution in [2.75, 3.05) is 11.9 Å². The Labute approximate surface area is 125 Å². The molecule has 7 heteroatoms. The third-order valence-corrected chi connectivity index (χ3v) is 3.04. The molecule has 1 aromatic rings. The largest absolute Gasteiger partial charge is 0.411 e. The van der Waals surface area contributed by atoms with Crippen molar-refractivity contribution in [3.8, 4) is 0 Å². The average molecular weight is 374 g/mol. The quantitative estimate of drug-likeness (QED) is 0.319. The number of amides is 1. The first-order chi connectivity index (χ1) is 9.02. The number of hydrazone groups is 1. The third kappa shape index (κ3) is 5.69. The molecule has 0 bridgehead atoms. The van der Waals surface area contributed by atoms with Gasteiger partial charge >= 0.3 is 0 Å². The smallest absolute Gasteiger partial charge is 0.259 e. The molecule has 0 radical (unpaired) electrons. The van der Waals surface area contributed by atoms with Crippen LogP contribution in [-0.2, 0) is 4.79 Å². The maximum absolute atomic E-state index is 11.5. The van der Waals surface area contributed by atoms with E-state index in [0.29, 0.717) is 11.4 Å². The summed E-state index contributed by atoms with van der Waals surface area (Å²) in [4.78, 5) is 11.5. The predicted molar refractivity (Wildman–Crippen MR) is 83.8 cm³/mol. The first kappa shape index (κ1) is 15.4. The summed E-state index contributed by atoms with van der Waals surface area (Å²) in [5.74, 6) is -0.274. The molecule has 0 saturated heterocycles. The van der Waals surface area contributed by atoms with Crippen LogP contribution in [0.3, 0.4) is 0 Å². The lowest BCUT2D eigenvalue weighted by atomic mass is 10.3. The normalized spacial score (nSPS) is 12.2. The fourth-order valence-corrected chi connectivity index (χ4v) is 1.45.